The van der Waals surface area contributed by atoms with E-state index in [0.717, 1.165) is 11.8 Å². The predicted molar refractivity (Wildman–Crippen MR) is 60.1 cm³/mol. The fourth-order valence-corrected chi connectivity index (χ4v) is 1.53. The van der Waals surface area contributed by atoms with Crippen LogP contribution in [0.4, 0.5) is 0 Å². The van der Waals surface area contributed by atoms with Crippen molar-refractivity contribution < 1.29 is 15.1 Å². The van der Waals surface area contributed by atoms with Crippen molar-refractivity contribution in [1.29, 1.82) is 0 Å². The SMILES string of the molecule is Cc1ccc(-c2cn(O)c(C=NO)[n+]2[O-])cc1. The second-order valence-corrected chi connectivity index (χ2v) is 3.62. The molecule has 0 saturated carbocycles. The lowest BCUT2D eigenvalue weighted by Gasteiger charge is -2.03. The molecule has 2 N–H and O–H groups in total. The summed E-state index contributed by atoms with van der Waals surface area (Å²) in [5.74, 6) is -0.164. The molecule has 2 rings (SSSR count). The molecule has 1 aromatic heterocycles. The number of hydrogen-bond donors (Lipinski definition) is 2. The van der Waals surface area contributed by atoms with Crippen LogP contribution >= 0.6 is 0 Å². The van der Waals surface area contributed by atoms with E-state index in [0.29, 0.717) is 15.0 Å². The van der Waals surface area contributed by atoms with Gasteiger partial charge in [0.25, 0.3) is 0 Å². The lowest BCUT2D eigenvalue weighted by Crippen LogP contribution is -2.32. The van der Waals surface area contributed by atoms with Crippen molar-refractivity contribution in [3.8, 4) is 11.3 Å². The Morgan fingerprint density at radius 3 is 2.59 bits per heavy atom. The fraction of sp³-hybridized carbons (Fsp3) is 0.0909. The second kappa shape index (κ2) is 4.17. The zero-order valence-corrected chi connectivity index (χ0v) is 9.11. The molecule has 0 amide bonds. The van der Waals surface area contributed by atoms with Gasteiger partial charge < -0.3 is 15.6 Å². The maximum absolute atomic E-state index is 11.8. The van der Waals surface area contributed by atoms with Crippen LogP contribution in [0.5, 0.6) is 0 Å². The number of aromatic nitrogens is 2. The number of hydrogen-bond acceptors (Lipinski definition) is 4. The molecule has 2 aromatic rings. The molecule has 1 aromatic carbocycles. The van der Waals surface area contributed by atoms with Gasteiger partial charge in [0.15, 0.2) is 18.1 Å². The van der Waals surface area contributed by atoms with Crippen LogP contribution in [0.2, 0.25) is 0 Å². The van der Waals surface area contributed by atoms with Gasteiger partial charge in [0, 0.05) is 5.56 Å². The molecule has 6 nitrogen and oxygen atoms in total. The monoisotopic (exact) mass is 233 g/mol. The molecule has 0 radical (unpaired) electrons. The normalized spacial score (nSPS) is 11.1. The molecule has 0 aliphatic carbocycles. The number of rotatable bonds is 2. The fourth-order valence-electron chi connectivity index (χ4n) is 1.53. The van der Waals surface area contributed by atoms with Gasteiger partial charge in [-0.25, -0.2) is 4.73 Å². The van der Waals surface area contributed by atoms with Crippen molar-refractivity contribution in [2.75, 3.05) is 0 Å². The summed E-state index contributed by atoms with van der Waals surface area (Å²) in [6, 6.07) is 7.28. The predicted octanol–water partition coefficient (Wildman–Crippen LogP) is 1.14. The summed E-state index contributed by atoms with van der Waals surface area (Å²) in [4.78, 5) is 0. The maximum Gasteiger partial charge on any atom is 0.346 e. The first-order valence-electron chi connectivity index (χ1n) is 4.92. The van der Waals surface area contributed by atoms with Crippen LogP contribution in [-0.2, 0) is 0 Å². The summed E-state index contributed by atoms with van der Waals surface area (Å²) in [5, 5.41) is 32.4. The number of aryl methyl sites for hydroxylation is 1. The first kappa shape index (κ1) is 11.0. The van der Waals surface area contributed by atoms with Gasteiger partial charge in [-0.05, 0) is 11.7 Å². The molecule has 1 heterocycles. The molecular formula is C11H11N3O3. The molecular weight excluding hydrogens is 222 g/mol. The highest BCUT2D eigenvalue weighted by Gasteiger charge is 2.18. The maximum atomic E-state index is 11.8. The van der Waals surface area contributed by atoms with Gasteiger partial charge in [0.1, 0.15) is 0 Å². The van der Waals surface area contributed by atoms with Crippen molar-refractivity contribution in [3.05, 3.63) is 47.1 Å². The standard InChI is InChI=1S/C11H11N3O3/c1-8-2-4-9(5-3-8)10-7-13(16)11(6-12-15)14(10)17/h2-7,15-16H,1H3. The summed E-state index contributed by atoms with van der Waals surface area (Å²) in [6.07, 6.45) is 2.12. The molecule has 0 atom stereocenters. The van der Waals surface area contributed by atoms with E-state index < -0.39 is 0 Å². The van der Waals surface area contributed by atoms with Gasteiger partial charge in [0.05, 0.1) is 0 Å². The molecule has 6 heteroatoms. The Hall–Kier alpha value is -2.50. The van der Waals surface area contributed by atoms with Gasteiger partial charge in [-0.1, -0.05) is 35.0 Å². The summed E-state index contributed by atoms with van der Waals surface area (Å²) in [6.45, 7) is 1.94. The highest BCUT2D eigenvalue weighted by atomic mass is 16.5. The van der Waals surface area contributed by atoms with Crippen molar-refractivity contribution in [2.45, 2.75) is 6.92 Å². The van der Waals surface area contributed by atoms with E-state index in [9.17, 15) is 10.4 Å². The van der Waals surface area contributed by atoms with Crippen molar-refractivity contribution in [1.82, 2.24) is 4.73 Å². The number of oxime groups is 1. The van der Waals surface area contributed by atoms with Crippen LogP contribution < -0.4 is 4.73 Å². The molecule has 0 bridgehead atoms. The van der Waals surface area contributed by atoms with E-state index in [4.69, 9.17) is 5.21 Å². The van der Waals surface area contributed by atoms with E-state index in [1.807, 2.05) is 19.1 Å². The Balaban J connectivity index is 2.53. The third kappa shape index (κ3) is 1.92. The molecule has 0 aliphatic heterocycles. The second-order valence-electron chi connectivity index (χ2n) is 3.62. The van der Waals surface area contributed by atoms with Gasteiger partial charge in [-0.3, -0.25) is 0 Å². The number of imidazole rings is 1. The minimum Gasteiger partial charge on any atom is -0.710 e. The van der Waals surface area contributed by atoms with Gasteiger partial charge in [-0.15, -0.1) is 0 Å². The summed E-state index contributed by atoms with van der Waals surface area (Å²) >= 11 is 0. The zero-order valence-electron chi connectivity index (χ0n) is 9.11. The zero-order chi connectivity index (χ0) is 12.4. The average molecular weight is 233 g/mol. The van der Waals surface area contributed by atoms with Crippen molar-refractivity contribution in [2.24, 2.45) is 5.16 Å². The van der Waals surface area contributed by atoms with Gasteiger partial charge in [0.2, 0.25) is 0 Å². The molecule has 0 saturated heterocycles. The van der Waals surface area contributed by atoms with Gasteiger partial charge >= 0.3 is 5.82 Å². The van der Waals surface area contributed by atoms with Crippen LogP contribution in [-0.4, -0.2) is 21.4 Å². The minimum absolute atomic E-state index is 0.164. The quantitative estimate of drug-likeness (QED) is 0.204. The summed E-state index contributed by atoms with van der Waals surface area (Å²) < 4.78 is 1.10. The largest absolute Gasteiger partial charge is 0.710 e. The van der Waals surface area contributed by atoms with Gasteiger partial charge in [-0.2, -0.15) is 0 Å². The van der Waals surface area contributed by atoms with E-state index in [2.05, 4.69) is 5.16 Å². The first-order valence-corrected chi connectivity index (χ1v) is 4.92. The highest BCUT2D eigenvalue weighted by Crippen LogP contribution is 2.16. The van der Waals surface area contributed by atoms with Crippen LogP contribution in [0, 0.1) is 12.1 Å². The third-order valence-corrected chi connectivity index (χ3v) is 2.43. The molecule has 0 aliphatic rings. The molecule has 17 heavy (non-hydrogen) atoms. The lowest BCUT2D eigenvalue weighted by atomic mass is 10.1. The smallest absolute Gasteiger partial charge is 0.346 e. The first-order chi connectivity index (χ1) is 8.13. The van der Waals surface area contributed by atoms with E-state index >= 15 is 0 Å². The number of nitrogens with zero attached hydrogens (tertiary/aromatic N) is 3. The Morgan fingerprint density at radius 1 is 1.35 bits per heavy atom. The number of benzene rings is 1. The summed E-state index contributed by atoms with van der Waals surface area (Å²) in [7, 11) is 0. The molecule has 0 unspecified atom stereocenters. The van der Waals surface area contributed by atoms with E-state index in [-0.39, 0.29) is 11.5 Å². The third-order valence-electron chi connectivity index (χ3n) is 2.43. The van der Waals surface area contributed by atoms with E-state index in [1.54, 1.807) is 12.1 Å². The molecule has 88 valence electrons. The lowest BCUT2D eigenvalue weighted by molar-refractivity contribution is -0.596. The Bertz CT molecular complexity index is 558. The Kier molecular flexibility index (Phi) is 2.70. The van der Waals surface area contributed by atoms with Crippen molar-refractivity contribution >= 4 is 6.21 Å². The van der Waals surface area contributed by atoms with Crippen LogP contribution in [0.25, 0.3) is 11.3 Å². The minimum atomic E-state index is -0.164. The van der Waals surface area contributed by atoms with Crippen LogP contribution in [0.1, 0.15) is 11.4 Å². The van der Waals surface area contributed by atoms with Crippen LogP contribution in [0.15, 0.2) is 35.6 Å². The topological polar surface area (TPSA) is 84.7 Å². The highest BCUT2D eigenvalue weighted by molar-refractivity contribution is 5.73. The van der Waals surface area contributed by atoms with Crippen molar-refractivity contribution in [3.63, 3.8) is 0 Å². The molecule has 0 fully saturated rings. The van der Waals surface area contributed by atoms with Crippen LogP contribution in [0.3, 0.4) is 0 Å². The summed E-state index contributed by atoms with van der Waals surface area (Å²) in [5.41, 5.74) is 2.03. The molecule has 0 spiro atoms. The Labute approximate surface area is 97.2 Å². The Morgan fingerprint density at radius 2 is 2.00 bits per heavy atom. The van der Waals surface area contributed by atoms with E-state index in [1.165, 1.54) is 6.20 Å². The average Bonchev–Trinajstić information content (AvgIpc) is 2.59.